The normalized spacial score (nSPS) is 16.2. The predicted molar refractivity (Wildman–Crippen MR) is 71.1 cm³/mol. The van der Waals surface area contributed by atoms with Crippen molar-refractivity contribution in [2.24, 2.45) is 0 Å². The highest BCUT2D eigenvalue weighted by molar-refractivity contribution is 5.74. The Morgan fingerprint density at radius 1 is 1.53 bits per heavy atom. The number of urea groups is 1. The summed E-state index contributed by atoms with van der Waals surface area (Å²) in [5.74, 6) is 1.32. The zero-order chi connectivity index (χ0) is 13.7. The zero-order valence-corrected chi connectivity index (χ0v) is 11.4. The van der Waals surface area contributed by atoms with Gasteiger partial charge < -0.3 is 15.0 Å². The second kappa shape index (κ2) is 6.36. The maximum Gasteiger partial charge on any atom is 0.317 e. The number of aromatic nitrogens is 2. The lowest BCUT2D eigenvalue weighted by Gasteiger charge is -2.31. The summed E-state index contributed by atoms with van der Waals surface area (Å²) in [6.07, 6.45) is 3.49. The Morgan fingerprint density at radius 3 is 2.89 bits per heavy atom. The lowest BCUT2D eigenvalue weighted by atomic mass is 10.1. The van der Waals surface area contributed by atoms with Crippen LogP contribution in [-0.2, 0) is 0 Å². The number of piperidine rings is 1. The maximum atomic E-state index is 11.7. The maximum absolute atomic E-state index is 11.7. The molecule has 2 amide bonds. The Hall–Kier alpha value is -1.85. The quantitative estimate of drug-likeness (QED) is 0.895. The Balaban J connectivity index is 1.82. The summed E-state index contributed by atoms with van der Waals surface area (Å²) in [4.78, 5) is 21.8. The SMILES string of the molecule is CCNC(=O)N1CCC(Oc2ccnc(C)n2)CC1. The van der Waals surface area contributed by atoms with Crippen molar-refractivity contribution in [3.05, 3.63) is 18.1 Å². The third-order valence-electron chi connectivity index (χ3n) is 3.10. The van der Waals surface area contributed by atoms with Gasteiger partial charge >= 0.3 is 6.03 Å². The molecule has 6 heteroatoms. The molecule has 0 aromatic carbocycles. The van der Waals surface area contributed by atoms with E-state index in [1.165, 1.54) is 0 Å². The number of nitrogens with one attached hydrogen (secondary N) is 1. The van der Waals surface area contributed by atoms with Crippen LogP contribution >= 0.6 is 0 Å². The van der Waals surface area contributed by atoms with Crippen molar-refractivity contribution in [1.29, 1.82) is 0 Å². The standard InChI is InChI=1S/C13H20N4O2/c1-3-14-13(18)17-8-5-11(6-9-17)19-12-4-7-15-10(2)16-12/h4,7,11H,3,5-6,8-9H2,1-2H3,(H,14,18). The molecule has 19 heavy (non-hydrogen) atoms. The van der Waals surface area contributed by atoms with E-state index in [0.29, 0.717) is 18.2 Å². The van der Waals surface area contributed by atoms with Crippen LogP contribution in [0.4, 0.5) is 4.79 Å². The van der Waals surface area contributed by atoms with Crippen LogP contribution in [-0.4, -0.2) is 46.6 Å². The fraction of sp³-hybridized carbons (Fsp3) is 0.615. The number of hydrogen-bond donors (Lipinski definition) is 1. The predicted octanol–water partition coefficient (Wildman–Crippen LogP) is 1.36. The number of carbonyl (C=O) groups excluding carboxylic acids is 1. The molecule has 0 spiro atoms. The van der Waals surface area contributed by atoms with Gasteiger partial charge in [0.15, 0.2) is 0 Å². The van der Waals surface area contributed by atoms with Crippen molar-refractivity contribution in [2.75, 3.05) is 19.6 Å². The lowest BCUT2D eigenvalue weighted by molar-refractivity contribution is 0.107. The Morgan fingerprint density at radius 2 is 2.26 bits per heavy atom. The molecule has 1 aromatic heterocycles. The molecule has 1 aliphatic rings. The van der Waals surface area contributed by atoms with Crippen LogP contribution in [0.5, 0.6) is 5.88 Å². The van der Waals surface area contributed by atoms with Crippen molar-refractivity contribution in [3.8, 4) is 5.88 Å². The minimum absolute atomic E-state index is 0.0128. The number of aryl methyl sites for hydroxylation is 1. The molecule has 6 nitrogen and oxygen atoms in total. The summed E-state index contributed by atoms with van der Waals surface area (Å²) in [6, 6.07) is 1.78. The highest BCUT2D eigenvalue weighted by atomic mass is 16.5. The van der Waals surface area contributed by atoms with E-state index in [2.05, 4.69) is 15.3 Å². The molecule has 104 valence electrons. The molecule has 2 heterocycles. The Labute approximate surface area is 113 Å². The molecule has 0 atom stereocenters. The summed E-state index contributed by atoms with van der Waals surface area (Å²) in [5, 5.41) is 2.81. The molecule has 0 radical (unpaired) electrons. The number of carbonyl (C=O) groups is 1. The van der Waals surface area contributed by atoms with Crippen LogP contribution in [0.3, 0.4) is 0 Å². The van der Waals surface area contributed by atoms with Crippen molar-refractivity contribution < 1.29 is 9.53 Å². The first-order valence-electron chi connectivity index (χ1n) is 6.68. The number of hydrogen-bond acceptors (Lipinski definition) is 4. The number of amides is 2. The van der Waals surface area contributed by atoms with Crippen LogP contribution < -0.4 is 10.1 Å². The van der Waals surface area contributed by atoms with Gasteiger partial charge in [0.05, 0.1) is 0 Å². The van der Waals surface area contributed by atoms with Crippen LogP contribution in [0.2, 0.25) is 0 Å². The summed E-state index contributed by atoms with van der Waals surface area (Å²) >= 11 is 0. The minimum Gasteiger partial charge on any atom is -0.474 e. The van der Waals surface area contributed by atoms with Crippen LogP contribution in [0.15, 0.2) is 12.3 Å². The molecular formula is C13H20N4O2. The lowest BCUT2D eigenvalue weighted by Crippen LogP contribution is -2.46. The third-order valence-corrected chi connectivity index (χ3v) is 3.10. The Kier molecular flexibility index (Phi) is 4.54. The molecule has 0 saturated carbocycles. The van der Waals surface area contributed by atoms with Crippen LogP contribution in [0, 0.1) is 6.92 Å². The molecule has 1 fully saturated rings. The van der Waals surface area contributed by atoms with Crippen LogP contribution in [0.1, 0.15) is 25.6 Å². The number of ether oxygens (including phenoxy) is 1. The van der Waals surface area contributed by atoms with Crippen molar-refractivity contribution in [1.82, 2.24) is 20.2 Å². The van der Waals surface area contributed by atoms with Gasteiger partial charge in [-0.25, -0.2) is 9.78 Å². The van der Waals surface area contributed by atoms with Crippen molar-refractivity contribution in [2.45, 2.75) is 32.8 Å². The number of likely N-dealkylation sites (tertiary alicyclic amines) is 1. The fourth-order valence-corrected chi connectivity index (χ4v) is 2.11. The van der Waals surface area contributed by atoms with E-state index in [1.807, 2.05) is 18.7 Å². The van der Waals surface area contributed by atoms with E-state index >= 15 is 0 Å². The monoisotopic (exact) mass is 264 g/mol. The largest absolute Gasteiger partial charge is 0.474 e. The van der Waals surface area contributed by atoms with Crippen molar-refractivity contribution >= 4 is 6.03 Å². The van der Waals surface area contributed by atoms with E-state index in [1.54, 1.807) is 12.3 Å². The van der Waals surface area contributed by atoms with E-state index in [0.717, 1.165) is 25.9 Å². The first kappa shape index (κ1) is 13.6. The number of nitrogens with zero attached hydrogens (tertiary/aromatic N) is 3. The molecule has 1 aliphatic heterocycles. The molecule has 0 unspecified atom stereocenters. The summed E-state index contributed by atoms with van der Waals surface area (Å²) in [6.45, 7) is 5.87. The molecule has 0 bridgehead atoms. The Bertz CT molecular complexity index is 430. The average molecular weight is 264 g/mol. The topological polar surface area (TPSA) is 67.4 Å². The summed E-state index contributed by atoms with van der Waals surface area (Å²) in [7, 11) is 0. The van der Waals surface area contributed by atoms with Gasteiger partial charge in [-0.3, -0.25) is 0 Å². The van der Waals surface area contributed by atoms with Gasteiger partial charge in [-0.15, -0.1) is 0 Å². The van der Waals surface area contributed by atoms with Gasteiger partial charge in [0.25, 0.3) is 0 Å². The van der Waals surface area contributed by atoms with E-state index < -0.39 is 0 Å². The van der Waals surface area contributed by atoms with E-state index in [4.69, 9.17) is 4.74 Å². The second-order valence-corrected chi connectivity index (χ2v) is 4.58. The highest BCUT2D eigenvalue weighted by Gasteiger charge is 2.23. The number of rotatable bonds is 3. The fourth-order valence-electron chi connectivity index (χ4n) is 2.11. The molecule has 2 rings (SSSR count). The minimum atomic E-state index is 0.0128. The van der Waals surface area contributed by atoms with Crippen molar-refractivity contribution in [3.63, 3.8) is 0 Å². The van der Waals surface area contributed by atoms with Gasteiger partial charge in [-0.2, -0.15) is 4.98 Å². The van der Waals surface area contributed by atoms with Crippen LogP contribution in [0.25, 0.3) is 0 Å². The van der Waals surface area contributed by atoms with Gasteiger partial charge in [-0.1, -0.05) is 0 Å². The first-order valence-corrected chi connectivity index (χ1v) is 6.68. The third kappa shape index (κ3) is 3.81. The second-order valence-electron chi connectivity index (χ2n) is 4.58. The molecule has 1 saturated heterocycles. The summed E-state index contributed by atoms with van der Waals surface area (Å²) in [5.41, 5.74) is 0. The highest BCUT2D eigenvalue weighted by Crippen LogP contribution is 2.17. The van der Waals surface area contributed by atoms with Gasteiger partial charge in [0.2, 0.25) is 5.88 Å². The van der Waals surface area contributed by atoms with E-state index in [9.17, 15) is 4.79 Å². The summed E-state index contributed by atoms with van der Waals surface area (Å²) < 4.78 is 5.81. The molecular weight excluding hydrogens is 244 g/mol. The average Bonchev–Trinajstić information content (AvgIpc) is 2.40. The smallest absolute Gasteiger partial charge is 0.317 e. The molecule has 0 aliphatic carbocycles. The van der Waals surface area contributed by atoms with Gasteiger partial charge in [-0.05, 0) is 13.8 Å². The van der Waals surface area contributed by atoms with Gasteiger partial charge in [0.1, 0.15) is 11.9 Å². The van der Waals surface area contributed by atoms with Gasteiger partial charge in [0, 0.05) is 44.7 Å². The first-order chi connectivity index (χ1) is 9.19. The van der Waals surface area contributed by atoms with E-state index in [-0.39, 0.29) is 12.1 Å². The molecule has 1 aromatic rings. The molecule has 1 N–H and O–H groups in total. The zero-order valence-electron chi connectivity index (χ0n) is 11.4.